The Morgan fingerprint density at radius 3 is 2.63 bits per heavy atom. The fourth-order valence-corrected chi connectivity index (χ4v) is 3.86. The van der Waals surface area contributed by atoms with Gasteiger partial charge in [-0.2, -0.15) is 9.78 Å². The van der Waals surface area contributed by atoms with Crippen molar-refractivity contribution in [1.29, 1.82) is 0 Å². The van der Waals surface area contributed by atoms with Gasteiger partial charge in [0.2, 0.25) is 5.88 Å². The van der Waals surface area contributed by atoms with Crippen LogP contribution in [0.15, 0.2) is 54.7 Å². The molecule has 0 bridgehead atoms. The van der Waals surface area contributed by atoms with Gasteiger partial charge < -0.3 is 5.11 Å². The molecule has 142 valence electrons. The summed E-state index contributed by atoms with van der Waals surface area (Å²) in [4.78, 5) is 6.77. The van der Waals surface area contributed by atoms with E-state index in [1.165, 1.54) is 5.56 Å². The Bertz CT molecular complexity index is 867. The van der Waals surface area contributed by atoms with Gasteiger partial charge in [0, 0.05) is 18.8 Å². The van der Waals surface area contributed by atoms with Gasteiger partial charge in [0.25, 0.3) is 0 Å². The quantitative estimate of drug-likeness (QED) is 0.712. The molecule has 2 aromatic heterocycles. The first-order valence-corrected chi connectivity index (χ1v) is 9.28. The van der Waals surface area contributed by atoms with Crippen molar-refractivity contribution >= 4 is 12.4 Å². The van der Waals surface area contributed by atoms with Crippen molar-refractivity contribution < 1.29 is 5.11 Å². The third-order valence-corrected chi connectivity index (χ3v) is 5.14. The van der Waals surface area contributed by atoms with E-state index >= 15 is 0 Å². The zero-order chi connectivity index (χ0) is 17.9. The lowest BCUT2D eigenvalue weighted by molar-refractivity contribution is 0.176. The van der Waals surface area contributed by atoms with E-state index in [0.29, 0.717) is 5.82 Å². The van der Waals surface area contributed by atoms with Crippen LogP contribution in [-0.4, -0.2) is 31.3 Å². The van der Waals surface area contributed by atoms with Crippen LogP contribution in [-0.2, 0) is 13.0 Å². The third kappa shape index (κ3) is 3.84. The molecule has 5 nitrogen and oxygen atoms in total. The lowest BCUT2D eigenvalue weighted by atomic mass is 9.91. The highest BCUT2D eigenvalue weighted by molar-refractivity contribution is 5.85. The van der Waals surface area contributed by atoms with Crippen molar-refractivity contribution in [2.45, 2.75) is 38.8 Å². The van der Waals surface area contributed by atoms with E-state index in [1.54, 1.807) is 10.9 Å². The maximum absolute atomic E-state index is 10.9. The zero-order valence-corrected chi connectivity index (χ0v) is 16.3. The lowest BCUT2D eigenvalue weighted by Gasteiger charge is -2.33. The van der Waals surface area contributed by atoms with E-state index in [4.69, 9.17) is 0 Å². The maximum atomic E-state index is 10.9. The molecule has 0 fully saturated rings. The van der Waals surface area contributed by atoms with Gasteiger partial charge in [-0.1, -0.05) is 43.3 Å². The molecule has 1 aliphatic carbocycles. The Hall–Kier alpha value is -2.37. The molecule has 1 aromatic carbocycles. The normalized spacial score (nSPS) is 16.0. The van der Waals surface area contributed by atoms with Crippen LogP contribution in [0.1, 0.15) is 42.6 Å². The van der Waals surface area contributed by atoms with Crippen molar-refractivity contribution in [2.75, 3.05) is 6.54 Å². The van der Waals surface area contributed by atoms with Crippen molar-refractivity contribution in [3.05, 3.63) is 71.5 Å². The molecule has 27 heavy (non-hydrogen) atoms. The highest BCUT2D eigenvalue weighted by Gasteiger charge is 2.32. The van der Waals surface area contributed by atoms with Gasteiger partial charge in [-0.05, 0) is 43.5 Å². The van der Waals surface area contributed by atoms with Gasteiger partial charge in [0.05, 0.1) is 11.3 Å². The van der Waals surface area contributed by atoms with Gasteiger partial charge in [-0.25, -0.2) is 4.98 Å². The highest BCUT2D eigenvalue weighted by atomic mass is 35.5. The predicted octanol–water partition coefficient (Wildman–Crippen LogP) is 4.29. The molecule has 0 aliphatic heterocycles. The summed E-state index contributed by atoms with van der Waals surface area (Å²) in [6, 6.07) is 16.3. The Balaban J connectivity index is 0.00000210. The third-order valence-electron chi connectivity index (χ3n) is 5.14. The first kappa shape index (κ1) is 19.4. The number of halogens is 1. The van der Waals surface area contributed by atoms with Crippen LogP contribution in [0.5, 0.6) is 5.88 Å². The van der Waals surface area contributed by atoms with Gasteiger partial charge in [-0.15, -0.1) is 12.4 Å². The summed E-state index contributed by atoms with van der Waals surface area (Å²) in [7, 11) is 0. The molecule has 0 amide bonds. The summed E-state index contributed by atoms with van der Waals surface area (Å²) in [6.45, 7) is 3.97. The van der Waals surface area contributed by atoms with Crippen LogP contribution < -0.4 is 0 Å². The number of aryl methyl sites for hydroxylation is 1. The average Bonchev–Trinajstić information content (AvgIpc) is 3.04. The summed E-state index contributed by atoms with van der Waals surface area (Å²) in [5.41, 5.74) is 3.26. The van der Waals surface area contributed by atoms with Crippen LogP contribution in [0.3, 0.4) is 0 Å². The van der Waals surface area contributed by atoms with E-state index < -0.39 is 0 Å². The Labute approximate surface area is 166 Å². The van der Waals surface area contributed by atoms with Gasteiger partial charge in [0.15, 0.2) is 5.82 Å². The largest absolute Gasteiger partial charge is 0.493 e. The molecule has 1 aliphatic rings. The number of aromatic hydroxyl groups is 1. The maximum Gasteiger partial charge on any atom is 0.220 e. The summed E-state index contributed by atoms with van der Waals surface area (Å²) in [5.74, 6) is 0.888. The number of fused-ring (bicyclic) bond motifs is 1. The summed E-state index contributed by atoms with van der Waals surface area (Å²) in [6.07, 6.45) is 4.75. The Morgan fingerprint density at radius 1 is 1.15 bits per heavy atom. The zero-order valence-electron chi connectivity index (χ0n) is 15.5. The summed E-state index contributed by atoms with van der Waals surface area (Å²) < 4.78 is 1.58. The van der Waals surface area contributed by atoms with Crippen molar-refractivity contribution in [2.24, 2.45) is 0 Å². The van der Waals surface area contributed by atoms with Gasteiger partial charge in [0.1, 0.15) is 0 Å². The lowest BCUT2D eigenvalue weighted by Crippen LogP contribution is -2.30. The number of aromatic nitrogens is 3. The fraction of sp³-hybridized carbons (Fsp3) is 0.333. The molecule has 1 atom stereocenters. The monoisotopic (exact) mass is 384 g/mol. The number of pyridine rings is 1. The highest BCUT2D eigenvalue weighted by Crippen LogP contribution is 2.40. The minimum absolute atomic E-state index is 0. The molecule has 6 heteroatoms. The van der Waals surface area contributed by atoms with Crippen LogP contribution >= 0.6 is 12.4 Å². The second-order valence-corrected chi connectivity index (χ2v) is 6.74. The molecule has 3 aromatic rings. The SMILES string of the molecule is CCN(Cc1ccccc1)C1CCCc2nn(-c3ccccn3)c(O)c21.Cl. The van der Waals surface area contributed by atoms with E-state index in [-0.39, 0.29) is 24.3 Å². The predicted molar refractivity (Wildman–Crippen MR) is 108 cm³/mol. The molecule has 0 spiro atoms. The number of benzene rings is 1. The Morgan fingerprint density at radius 2 is 1.93 bits per heavy atom. The smallest absolute Gasteiger partial charge is 0.220 e. The minimum Gasteiger partial charge on any atom is -0.493 e. The Kier molecular flexibility index (Phi) is 6.14. The van der Waals surface area contributed by atoms with E-state index in [2.05, 4.69) is 46.2 Å². The molecule has 0 saturated heterocycles. The standard InChI is InChI=1S/C21H24N4O.ClH/c1-2-24(15-16-9-4-3-5-10-16)18-12-8-11-17-20(18)21(26)25(23-17)19-13-6-7-14-22-19;/h3-7,9-10,13-14,18,26H,2,8,11-12,15H2,1H3;1H. The number of hydrogen-bond acceptors (Lipinski definition) is 4. The van der Waals surface area contributed by atoms with Gasteiger partial charge >= 0.3 is 0 Å². The average molecular weight is 385 g/mol. The van der Waals surface area contributed by atoms with Crippen LogP contribution in [0.2, 0.25) is 0 Å². The van der Waals surface area contributed by atoms with E-state index in [0.717, 1.165) is 43.6 Å². The molecule has 4 rings (SSSR count). The topological polar surface area (TPSA) is 54.2 Å². The van der Waals surface area contributed by atoms with Crippen LogP contribution in [0, 0.1) is 0 Å². The molecule has 0 radical (unpaired) electrons. The number of hydrogen-bond donors (Lipinski definition) is 1. The van der Waals surface area contributed by atoms with E-state index in [9.17, 15) is 5.11 Å². The molecular weight excluding hydrogens is 360 g/mol. The number of nitrogens with zero attached hydrogens (tertiary/aromatic N) is 4. The van der Waals surface area contributed by atoms with Crippen molar-refractivity contribution in [1.82, 2.24) is 19.7 Å². The van der Waals surface area contributed by atoms with Crippen LogP contribution in [0.4, 0.5) is 0 Å². The summed E-state index contributed by atoms with van der Waals surface area (Å²) in [5, 5.41) is 15.6. The molecule has 1 unspecified atom stereocenters. The van der Waals surface area contributed by atoms with Crippen LogP contribution in [0.25, 0.3) is 5.82 Å². The molecule has 0 saturated carbocycles. The van der Waals surface area contributed by atoms with Crippen molar-refractivity contribution in [3.63, 3.8) is 0 Å². The minimum atomic E-state index is 0. The second-order valence-electron chi connectivity index (χ2n) is 6.74. The molecular formula is C21H25ClN4O. The fourth-order valence-electron chi connectivity index (χ4n) is 3.86. The first-order valence-electron chi connectivity index (χ1n) is 9.28. The van der Waals surface area contributed by atoms with E-state index in [1.807, 2.05) is 24.3 Å². The van der Waals surface area contributed by atoms with Crippen molar-refractivity contribution in [3.8, 4) is 11.7 Å². The second kappa shape index (κ2) is 8.55. The number of rotatable bonds is 5. The van der Waals surface area contributed by atoms with Gasteiger partial charge in [-0.3, -0.25) is 4.90 Å². The first-order chi connectivity index (χ1) is 12.8. The molecule has 1 N–H and O–H groups in total. The molecule has 2 heterocycles. The summed E-state index contributed by atoms with van der Waals surface area (Å²) >= 11 is 0.